The second-order valence-electron chi connectivity index (χ2n) is 4.42. The molecule has 0 saturated carbocycles. The number of esters is 1. The molecule has 0 aliphatic carbocycles. The SMILES string of the molecule is COC(=O)CC=CCC(CC(C)(C)SN=O)SN=O. The lowest BCUT2D eigenvalue weighted by Gasteiger charge is -2.23. The number of hydrogen-bond acceptors (Lipinski definition) is 8. The average Bonchev–Trinajstić information content (AvgIpc) is 2.33. The van der Waals surface area contributed by atoms with Gasteiger partial charge >= 0.3 is 5.97 Å². The van der Waals surface area contributed by atoms with E-state index in [1.54, 1.807) is 6.08 Å². The fraction of sp³-hybridized carbons (Fsp3) is 0.727. The minimum atomic E-state index is -0.347. The maximum atomic E-state index is 10.9. The van der Waals surface area contributed by atoms with Gasteiger partial charge in [0.2, 0.25) is 0 Å². The molecule has 19 heavy (non-hydrogen) atoms. The zero-order valence-electron chi connectivity index (χ0n) is 11.2. The summed E-state index contributed by atoms with van der Waals surface area (Å²) in [6, 6.07) is 0. The van der Waals surface area contributed by atoms with E-state index in [2.05, 4.69) is 13.9 Å². The highest BCUT2D eigenvalue weighted by molar-refractivity contribution is 7.99. The van der Waals surface area contributed by atoms with Crippen molar-refractivity contribution in [2.75, 3.05) is 7.11 Å². The Morgan fingerprint density at radius 2 is 2.00 bits per heavy atom. The zero-order valence-corrected chi connectivity index (χ0v) is 12.8. The van der Waals surface area contributed by atoms with Crippen LogP contribution in [0.15, 0.2) is 21.3 Å². The molecule has 0 N–H and O–H groups in total. The van der Waals surface area contributed by atoms with Crippen LogP contribution in [-0.2, 0) is 9.53 Å². The van der Waals surface area contributed by atoms with E-state index in [0.717, 1.165) is 23.9 Å². The first-order valence-corrected chi connectivity index (χ1v) is 7.27. The first-order chi connectivity index (χ1) is 8.95. The quantitative estimate of drug-likeness (QED) is 0.264. The molecule has 0 aliphatic heterocycles. The molecule has 0 amide bonds. The van der Waals surface area contributed by atoms with E-state index in [1.165, 1.54) is 7.11 Å². The normalized spacial score (nSPS) is 13.2. The van der Waals surface area contributed by atoms with Crippen LogP contribution in [0.25, 0.3) is 0 Å². The van der Waals surface area contributed by atoms with Gasteiger partial charge < -0.3 is 4.74 Å². The molecule has 1 unspecified atom stereocenters. The number of methoxy groups -OCH3 is 1. The Balaban J connectivity index is 4.29. The molecule has 0 spiro atoms. The topological polar surface area (TPSA) is 85.2 Å². The Morgan fingerprint density at radius 3 is 2.53 bits per heavy atom. The van der Waals surface area contributed by atoms with Gasteiger partial charge in [-0.3, -0.25) is 4.79 Å². The van der Waals surface area contributed by atoms with Gasteiger partial charge in [-0.15, -0.1) is 9.81 Å². The molecule has 8 heteroatoms. The van der Waals surface area contributed by atoms with Gasteiger partial charge in [-0.05, 0) is 26.7 Å². The van der Waals surface area contributed by atoms with Crippen molar-refractivity contribution in [1.29, 1.82) is 0 Å². The van der Waals surface area contributed by atoms with E-state index in [4.69, 9.17) is 0 Å². The number of nitrogens with zero attached hydrogens (tertiary/aromatic N) is 2. The monoisotopic (exact) mass is 306 g/mol. The van der Waals surface area contributed by atoms with Gasteiger partial charge in [-0.25, -0.2) is 0 Å². The van der Waals surface area contributed by atoms with Crippen molar-refractivity contribution in [2.45, 2.75) is 43.1 Å². The second kappa shape index (κ2) is 9.96. The smallest absolute Gasteiger partial charge is 0.309 e. The van der Waals surface area contributed by atoms with Gasteiger partial charge in [0.05, 0.1) is 13.5 Å². The molecular weight excluding hydrogens is 288 g/mol. The molecular formula is C11H18N2O4S2. The molecule has 0 bridgehead atoms. The predicted octanol–water partition coefficient (Wildman–Crippen LogP) is 3.86. The number of ether oxygens (including phenoxy) is 1. The van der Waals surface area contributed by atoms with Crippen LogP contribution in [0.3, 0.4) is 0 Å². The van der Waals surface area contributed by atoms with Crippen molar-refractivity contribution < 1.29 is 9.53 Å². The summed E-state index contributed by atoms with van der Waals surface area (Å²) in [5.41, 5.74) is 0. The Kier molecular flexibility index (Phi) is 9.50. The highest BCUT2D eigenvalue weighted by atomic mass is 32.2. The lowest BCUT2D eigenvalue weighted by Crippen LogP contribution is -2.20. The minimum absolute atomic E-state index is 0.0457. The molecule has 108 valence electrons. The van der Waals surface area contributed by atoms with Crippen LogP contribution in [0.1, 0.15) is 33.1 Å². The van der Waals surface area contributed by atoms with Crippen LogP contribution < -0.4 is 0 Å². The van der Waals surface area contributed by atoms with E-state index in [-0.39, 0.29) is 22.4 Å². The lowest BCUT2D eigenvalue weighted by atomic mass is 10.0. The Hall–Kier alpha value is -0.890. The van der Waals surface area contributed by atoms with E-state index < -0.39 is 0 Å². The first kappa shape index (κ1) is 18.1. The average molecular weight is 306 g/mol. The molecule has 0 fully saturated rings. The summed E-state index contributed by atoms with van der Waals surface area (Å²) >= 11 is 1.89. The van der Waals surface area contributed by atoms with Crippen molar-refractivity contribution in [2.24, 2.45) is 9.16 Å². The molecule has 6 nitrogen and oxygen atoms in total. The van der Waals surface area contributed by atoms with Crippen LogP contribution in [-0.4, -0.2) is 23.1 Å². The molecule has 0 aliphatic rings. The van der Waals surface area contributed by atoms with Crippen LogP contribution >= 0.6 is 23.9 Å². The first-order valence-electron chi connectivity index (χ1n) is 5.66. The second-order valence-corrected chi connectivity index (χ2v) is 6.88. The summed E-state index contributed by atoms with van der Waals surface area (Å²) in [5, 5.41) is -0.0457. The maximum Gasteiger partial charge on any atom is 0.309 e. The number of carbonyl (C=O) groups excluding carboxylic acids is 1. The molecule has 0 rings (SSSR count). The summed E-state index contributed by atoms with van der Waals surface area (Å²) in [5.74, 6) is -0.310. The number of allylic oxidation sites excluding steroid dienone is 1. The summed E-state index contributed by atoms with van der Waals surface area (Å²) in [6.45, 7) is 3.77. The highest BCUT2D eigenvalue weighted by Crippen LogP contribution is 2.35. The van der Waals surface area contributed by atoms with Gasteiger partial charge in [0.25, 0.3) is 0 Å². The van der Waals surface area contributed by atoms with Crippen molar-refractivity contribution in [3.63, 3.8) is 0 Å². The molecule has 0 aromatic carbocycles. The number of hydrogen-bond donors (Lipinski definition) is 0. The molecule has 0 aromatic heterocycles. The molecule has 1 atom stereocenters. The van der Waals surface area contributed by atoms with Gasteiger partial charge in [-0.1, -0.05) is 12.2 Å². The van der Waals surface area contributed by atoms with E-state index in [9.17, 15) is 14.6 Å². The Labute approximate surface area is 121 Å². The zero-order chi connectivity index (χ0) is 14.7. The van der Waals surface area contributed by atoms with Crippen LogP contribution in [0, 0.1) is 9.81 Å². The summed E-state index contributed by atoms with van der Waals surface area (Å²) < 4.78 is 9.81. The summed E-state index contributed by atoms with van der Waals surface area (Å²) in [7, 11) is 1.33. The Morgan fingerprint density at radius 1 is 1.32 bits per heavy atom. The number of carbonyl (C=O) groups is 1. The van der Waals surface area contributed by atoms with E-state index in [1.807, 2.05) is 19.9 Å². The third-order valence-corrected chi connectivity index (χ3v) is 3.75. The fourth-order valence-corrected chi connectivity index (χ4v) is 2.81. The standard InChI is InChI=1S/C11H18N2O4S2/c1-11(2,19-13-16)8-9(18-12-15)6-4-5-7-10(14)17-3/h4-5,9H,6-8H2,1-3H3. The number of rotatable bonds is 10. The van der Waals surface area contributed by atoms with E-state index in [0.29, 0.717) is 12.8 Å². The largest absolute Gasteiger partial charge is 0.469 e. The molecule has 0 saturated heterocycles. The minimum Gasteiger partial charge on any atom is -0.469 e. The lowest BCUT2D eigenvalue weighted by molar-refractivity contribution is -0.139. The van der Waals surface area contributed by atoms with Crippen LogP contribution in [0.4, 0.5) is 0 Å². The third-order valence-electron chi connectivity index (χ3n) is 2.27. The summed E-state index contributed by atoms with van der Waals surface area (Å²) in [6.07, 6.45) is 4.92. The maximum absolute atomic E-state index is 10.9. The fourth-order valence-electron chi connectivity index (χ4n) is 1.42. The van der Waals surface area contributed by atoms with Crippen LogP contribution in [0.2, 0.25) is 0 Å². The molecule has 0 radical (unpaired) electrons. The van der Waals surface area contributed by atoms with Crippen LogP contribution in [0.5, 0.6) is 0 Å². The number of nitroso groups, excluding NO2 is 2. The Bertz CT molecular complexity index is 335. The van der Waals surface area contributed by atoms with Crippen molar-refractivity contribution in [3.05, 3.63) is 22.0 Å². The van der Waals surface area contributed by atoms with Gasteiger partial charge in [-0.2, -0.15) is 0 Å². The third kappa shape index (κ3) is 9.66. The van der Waals surface area contributed by atoms with Gasteiger partial charge in [0, 0.05) is 43.1 Å². The summed E-state index contributed by atoms with van der Waals surface area (Å²) in [4.78, 5) is 31.6. The molecule has 0 heterocycles. The molecule has 0 aromatic rings. The van der Waals surface area contributed by atoms with Crippen molar-refractivity contribution in [3.8, 4) is 0 Å². The van der Waals surface area contributed by atoms with E-state index >= 15 is 0 Å². The highest BCUT2D eigenvalue weighted by Gasteiger charge is 2.25. The van der Waals surface area contributed by atoms with Gasteiger partial charge in [0.15, 0.2) is 0 Å². The van der Waals surface area contributed by atoms with Crippen molar-refractivity contribution in [1.82, 2.24) is 0 Å². The predicted molar refractivity (Wildman–Crippen MR) is 79.6 cm³/mol. The van der Waals surface area contributed by atoms with Crippen molar-refractivity contribution >= 4 is 29.9 Å². The van der Waals surface area contributed by atoms with Gasteiger partial charge in [0.1, 0.15) is 0 Å².